The van der Waals surface area contributed by atoms with Crippen molar-refractivity contribution in [2.24, 2.45) is 0 Å². The molecule has 1 saturated heterocycles. The zero-order valence-electron chi connectivity index (χ0n) is 15.9. The van der Waals surface area contributed by atoms with Crippen molar-refractivity contribution >= 4 is 29.1 Å². The van der Waals surface area contributed by atoms with Gasteiger partial charge in [-0.15, -0.1) is 0 Å². The number of nitrogen functional groups attached to an aromatic ring is 1. The van der Waals surface area contributed by atoms with Gasteiger partial charge in [0.15, 0.2) is 6.61 Å². The maximum absolute atomic E-state index is 12.4. The SMILES string of the molecule is Nc1ccccc1NC(=O)c1ccc(N2CC[C@H](NC(=O)OCC(F)(F)F)C2)cc1. The summed E-state index contributed by atoms with van der Waals surface area (Å²) in [5.74, 6) is -0.298. The van der Waals surface area contributed by atoms with Crippen LogP contribution in [-0.2, 0) is 4.74 Å². The molecule has 7 nitrogen and oxygen atoms in total. The summed E-state index contributed by atoms with van der Waals surface area (Å²) >= 11 is 0. The van der Waals surface area contributed by atoms with E-state index in [1.54, 1.807) is 48.5 Å². The molecule has 1 fully saturated rings. The molecule has 2 aromatic rings. The van der Waals surface area contributed by atoms with Crippen molar-refractivity contribution in [2.75, 3.05) is 35.6 Å². The number of alkyl halides is 3. The Hall–Kier alpha value is -3.43. The van der Waals surface area contributed by atoms with Crippen LogP contribution in [0.5, 0.6) is 0 Å². The zero-order chi connectivity index (χ0) is 21.7. The van der Waals surface area contributed by atoms with Gasteiger partial charge in [-0.2, -0.15) is 13.2 Å². The fraction of sp³-hybridized carbons (Fsp3) is 0.300. The number of hydrogen-bond donors (Lipinski definition) is 3. The second-order valence-corrected chi connectivity index (χ2v) is 6.86. The highest BCUT2D eigenvalue weighted by Crippen LogP contribution is 2.23. The van der Waals surface area contributed by atoms with E-state index >= 15 is 0 Å². The molecule has 3 rings (SSSR count). The number of nitrogens with two attached hydrogens (primary N) is 1. The van der Waals surface area contributed by atoms with Crippen LogP contribution in [0.1, 0.15) is 16.8 Å². The number of carbonyl (C=O) groups is 2. The molecular formula is C20H21F3N4O3. The highest BCUT2D eigenvalue weighted by atomic mass is 19.4. The number of nitrogens with zero attached hydrogens (tertiary/aromatic N) is 1. The molecule has 1 aliphatic rings. The number of para-hydroxylation sites is 2. The molecule has 0 bridgehead atoms. The Morgan fingerprint density at radius 1 is 1.13 bits per heavy atom. The molecule has 160 valence electrons. The smallest absolute Gasteiger partial charge is 0.422 e. The average Bonchev–Trinajstić information content (AvgIpc) is 3.16. The van der Waals surface area contributed by atoms with E-state index in [1.165, 1.54) is 0 Å². The van der Waals surface area contributed by atoms with Crippen molar-refractivity contribution in [3.63, 3.8) is 0 Å². The zero-order valence-corrected chi connectivity index (χ0v) is 15.9. The van der Waals surface area contributed by atoms with Gasteiger partial charge in [0.25, 0.3) is 5.91 Å². The van der Waals surface area contributed by atoms with Gasteiger partial charge >= 0.3 is 12.3 Å². The number of anilines is 3. The molecule has 30 heavy (non-hydrogen) atoms. The second kappa shape index (κ2) is 8.93. The average molecular weight is 422 g/mol. The number of ether oxygens (including phenoxy) is 1. The molecule has 2 aromatic carbocycles. The van der Waals surface area contributed by atoms with Gasteiger partial charge in [-0.1, -0.05) is 12.1 Å². The third-order valence-electron chi connectivity index (χ3n) is 4.58. The van der Waals surface area contributed by atoms with E-state index in [4.69, 9.17) is 5.73 Å². The summed E-state index contributed by atoms with van der Waals surface area (Å²) in [6.07, 6.45) is -5.08. The summed E-state index contributed by atoms with van der Waals surface area (Å²) in [5, 5.41) is 5.18. The first kappa shape index (κ1) is 21.3. The van der Waals surface area contributed by atoms with Gasteiger partial charge in [0.05, 0.1) is 17.4 Å². The standard InChI is InChI=1S/C20H21F3N4O3/c21-20(22,23)12-30-19(29)25-14-9-10-27(11-14)15-7-5-13(6-8-15)18(28)26-17-4-2-1-3-16(17)24/h1-8,14H,9-12,24H2,(H,25,29)(H,26,28)/t14-/m0/s1. The van der Waals surface area contributed by atoms with Gasteiger partial charge in [-0.05, 0) is 42.8 Å². The van der Waals surface area contributed by atoms with Crippen LogP contribution >= 0.6 is 0 Å². The van der Waals surface area contributed by atoms with Crippen molar-refractivity contribution in [3.05, 3.63) is 54.1 Å². The van der Waals surface area contributed by atoms with Gasteiger partial charge in [-0.3, -0.25) is 4.79 Å². The quantitative estimate of drug-likeness (QED) is 0.642. The molecule has 0 aromatic heterocycles. The minimum Gasteiger partial charge on any atom is -0.440 e. The summed E-state index contributed by atoms with van der Waals surface area (Å²) in [7, 11) is 0. The maximum Gasteiger partial charge on any atom is 0.422 e. The molecule has 4 N–H and O–H groups in total. The van der Waals surface area contributed by atoms with Crippen molar-refractivity contribution in [2.45, 2.75) is 18.6 Å². The highest BCUT2D eigenvalue weighted by molar-refractivity contribution is 6.05. The molecule has 0 unspecified atom stereocenters. The second-order valence-electron chi connectivity index (χ2n) is 6.86. The minimum absolute atomic E-state index is 0.298. The van der Waals surface area contributed by atoms with E-state index in [2.05, 4.69) is 15.4 Å². The predicted molar refractivity (Wildman–Crippen MR) is 106 cm³/mol. The lowest BCUT2D eigenvalue weighted by molar-refractivity contribution is -0.160. The monoisotopic (exact) mass is 422 g/mol. The van der Waals surface area contributed by atoms with Gasteiger partial charge in [0, 0.05) is 24.3 Å². The Labute approximate surface area is 171 Å². The Kier molecular flexibility index (Phi) is 6.34. The molecule has 10 heteroatoms. The summed E-state index contributed by atoms with van der Waals surface area (Å²) in [6.45, 7) is -0.586. The molecular weight excluding hydrogens is 401 g/mol. The first-order chi connectivity index (χ1) is 14.2. The number of benzene rings is 2. The number of amides is 2. The Morgan fingerprint density at radius 2 is 1.83 bits per heavy atom. The Bertz CT molecular complexity index is 903. The van der Waals surface area contributed by atoms with Crippen LogP contribution in [0, 0.1) is 0 Å². The number of alkyl carbamates (subject to hydrolysis) is 1. The number of carbonyl (C=O) groups excluding carboxylic acids is 2. The van der Waals surface area contributed by atoms with Crippen LogP contribution < -0.4 is 21.3 Å². The van der Waals surface area contributed by atoms with Gasteiger partial charge in [0.2, 0.25) is 0 Å². The molecule has 0 saturated carbocycles. The van der Waals surface area contributed by atoms with E-state index in [1.807, 2.05) is 4.90 Å². The first-order valence-corrected chi connectivity index (χ1v) is 9.22. The van der Waals surface area contributed by atoms with E-state index < -0.39 is 18.9 Å². The molecule has 2 amide bonds. The number of nitrogens with one attached hydrogen (secondary N) is 2. The largest absolute Gasteiger partial charge is 0.440 e. The van der Waals surface area contributed by atoms with Crippen molar-refractivity contribution < 1.29 is 27.5 Å². The van der Waals surface area contributed by atoms with Crippen molar-refractivity contribution in [1.82, 2.24) is 5.32 Å². The van der Waals surface area contributed by atoms with Crippen molar-refractivity contribution in [3.8, 4) is 0 Å². The molecule has 0 aliphatic carbocycles. The summed E-state index contributed by atoms with van der Waals surface area (Å²) in [4.78, 5) is 25.8. The topological polar surface area (TPSA) is 96.7 Å². The maximum atomic E-state index is 12.4. The lowest BCUT2D eigenvalue weighted by Crippen LogP contribution is -2.38. The van der Waals surface area contributed by atoms with Crippen LogP contribution in [-0.4, -0.2) is 43.9 Å². The van der Waals surface area contributed by atoms with Gasteiger partial charge < -0.3 is 26.0 Å². The van der Waals surface area contributed by atoms with Crippen LogP contribution in [0.15, 0.2) is 48.5 Å². The third kappa shape index (κ3) is 5.79. The normalized spacial score (nSPS) is 16.2. The van der Waals surface area contributed by atoms with E-state index in [0.29, 0.717) is 36.4 Å². The van der Waals surface area contributed by atoms with Gasteiger partial charge in [-0.25, -0.2) is 4.79 Å². The highest BCUT2D eigenvalue weighted by Gasteiger charge is 2.31. The summed E-state index contributed by atoms with van der Waals surface area (Å²) in [6, 6.07) is 13.5. The number of hydrogen-bond acceptors (Lipinski definition) is 5. The molecule has 0 radical (unpaired) electrons. The number of halogens is 3. The summed E-state index contributed by atoms with van der Waals surface area (Å²) < 4.78 is 40.5. The van der Waals surface area contributed by atoms with Gasteiger partial charge in [0.1, 0.15) is 0 Å². The van der Waals surface area contributed by atoms with Crippen LogP contribution in [0.2, 0.25) is 0 Å². The molecule has 0 spiro atoms. The van der Waals surface area contributed by atoms with Crippen LogP contribution in [0.4, 0.5) is 35.0 Å². The van der Waals surface area contributed by atoms with Crippen LogP contribution in [0.3, 0.4) is 0 Å². The Morgan fingerprint density at radius 3 is 2.50 bits per heavy atom. The van der Waals surface area contributed by atoms with E-state index in [0.717, 1.165) is 5.69 Å². The number of rotatable bonds is 5. The Balaban J connectivity index is 1.52. The molecule has 1 atom stereocenters. The molecule has 1 heterocycles. The van der Waals surface area contributed by atoms with Crippen LogP contribution in [0.25, 0.3) is 0 Å². The minimum atomic E-state index is -4.56. The van der Waals surface area contributed by atoms with Crippen molar-refractivity contribution in [1.29, 1.82) is 0 Å². The first-order valence-electron chi connectivity index (χ1n) is 9.22. The predicted octanol–water partition coefficient (Wildman–Crippen LogP) is 3.39. The fourth-order valence-electron chi connectivity index (χ4n) is 3.10. The lowest BCUT2D eigenvalue weighted by Gasteiger charge is -2.19. The fourth-order valence-corrected chi connectivity index (χ4v) is 3.10. The van der Waals surface area contributed by atoms with E-state index in [-0.39, 0.29) is 11.9 Å². The molecule has 1 aliphatic heterocycles. The lowest BCUT2D eigenvalue weighted by atomic mass is 10.1. The van der Waals surface area contributed by atoms with E-state index in [9.17, 15) is 22.8 Å². The third-order valence-corrected chi connectivity index (χ3v) is 4.58. The summed E-state index contributed by atoms with van der Waals surface area (Å²) in [5.41, 5.74) is 8.10.